The Labute approximate surface area is 207 Å². The fraction of sp³-hybridized carbons (Fsp3) is 0.414. The number of fused-ring (bicyclic) bond motifs is 1. The summed E-state index contributed by atoms with van der Waals surface area (Å²) in [5.74, 6) is 0.0127. The number of aryl methyl sites for hydroxylation is 2. The van der Waals surface area contributed by atoms with E-state index in [1.54, 1.807) is 0 Å². The number of rotatable bonds is 9. The number of aliphatic carboxylic acids is 1. The third-order valence-electron chi connectivity index (χ3n) is 6.77. The number of unbranched alkanes of at least 4 members (excludes halogenated alkanes) is 3. The van der Waals surface area contributed by atoms with Crippen LogP contribution in [0.2, 0.25) is 0 Å². The van der Waals surface area contributed by atoms with E-state index in [0.717, 1.165) is 54.1 Å². The summed E-state index contributed by atoms with van der Waals surface area (Å²) in [6.07, 6.45) is 4.33. The van der Waals surface area contributed by atoms with Crippen molar-refractivity contribution < 1.29 is 15.0 Å². The lowest BCUT2D eigenvalue weighted by Gasteiger charge is -2.38. The lowest BCUT2D eigenvalue weighted by molar-refractivity contribution is -0.137. The fourth-order valence-corrected chi connectivity index (χ4v) is 4.56. The highest BCUT2D eigenvalue weighted by Crippen LogP contribution is 2.40. The van der Waals surface area contributed by atoms with E-state index in [-0.39, 0.29) is 6.42 Å². The van der Waals surface area contributed by atoms with Crippen LogP contribution < -0.4 is 4.90 Å². The van der Waals surface area contributed by atoms with E-state index in [2.05, 4.69) is 67.3 Å². The van der Waals surface area contributed by atoms with E-state index in [1.165, 1.54) is 11.1 Å². The Morgan fingerprint density at radius 3 is 2.00 bits per heavy atom. The minimum absolute atomic E-state index is 0.225. The first-order valence-electron chi connectivity index (χ1n) is 12.5. The van der Waals surface area contributed by atoms with Crippen LogP contribution in [-0.2, 0) is 10.4 Å². The Kier molecular flexibility index (Phi) is 7.51. The summed E-state index contributed by atoms with van der Waals surface area (Å²) in [4.78, 5) is 23.2. The summed E-state index contributed by atoms with van der Waals surface area (Å²) >= 11 is 0. The molecule has 6 heteroatoms. The highest BCUT2D eigenvalue weighted by atomic mass is 16.4. The molecule has 3 aromatic rings. The molecule has 2 N–H and O–H groups in total. The van der Waals surface area contributed by atoms with Crippen molar-refractivity contribution in [1.82, 2.24) is 9.97 Å². The van der Waals surface area contributed by atoms with Crippen LogP contribution in [-0.4, -0.2) is 39.2 Å². The molecule has 0 bridgehead atoms. The van der Waals surface area contributed by atoms with Crippen molar-refractivity contribution >= 4 is 11.8 Å². The normalized spacial score (nSPS) is 17.3. The van der Waals surface area contributed by atoms with Crippen molar-refractivity contribution in [2.75, 3.05) is 18.0 Å². The number of benzene rings is 2. The molecule has 6 nitrogen and oxygen atoms in total. The van der Waals surface area contributed by atoms with Gasteiger partial charge in [-0.3, -0.25) is 4.79 Å². The molecular weight excluding hydrogens is 438 g/mol. The molecule has 35 heavy (non-hydrogen) atoms. The number of anilines is 1. The van der Waals surface area contributed by atoms with Gasteiger partial charge in [0.25, 0.3) is 0 Å². The second kappa shape index (κ2) is 10.6. The van der Waals surface area contributed by atoms with Gasteiger partial charge in [0, 0.05) is 30.6 Å². The second-order valence-corrected chi connectivity index (χ2v) is 9.89. The molecule has 1 atom stereocenters. The molecule has 0 amide bonds. The minimum Gasteiger partial charge on any atom is -0.481 e. The van der Waals surface area contributed by atoms with Gasteiger partial charge in [0.05, 0.1) is 11.4 Å². The summed E-state index contributed by atoms with van der Waals surface area (Å²) in [6, 6.07) is 16.6. The first-order chi connectivity index (χ1) is 16.7. The average Bonchev–Trinajstić information content (AvgIpc) is 2.83. The topological polar surface area (TPSA) is 86.6 Å². The van der Waals surface area contributed by atoms with Crippen molar-refractivity contribution in [3.63, 3.8) is 0 Å². The van der Waals surface area contributed by atoms with Crippen LogP contribution in [0.5, 0.6) is 0 Å². The van der Waals surface area contributed by atoms with Gasteiger partial charge in [-0.05, 0) is 40.0 Å². The molecule has 184 valence electrons. The van der Waals surface area contributed by atoms with Crippen molar-refractivity contribution in [2.24, 2.45) is 0 Å². The van der Waals surface area contributed by atoms with E-state index >= 15 is 0 Å². The number of nitrogens with zero attached hydrogens (tertiary/aromatic N) is 3. The average molecular weight is 474 g/mol. The maximum absolute atomic E-state index is 11.3. The number of hydrogen-bond acceptors (Lipinski definition) is 5. The van der Waals surface area contributed by atoms with Gasteiger partial charge in [0.2, 0.25) is 0 Å². The van der Waals surface area contributed by atoms with Crippen LogP contribution >= 0.6 is 0 Å². The summed E-state index contributed by atoms with van der Waals surface area (Å²) in [5, 5.41) is 20.1. The van der Waals surface area contributed by atoms with E-state index in [0.29, 0.717) is 25.1 Å². The summed E-state index contributed by atoms with van der Waals surface area (Å²) in [5.41, 5.74) is 5.52. The lowest BCUT2D eigenvalue weighted by Crippen LogP contribution is -2.41. The maximum Gasteiger partial charge on any atom is 0.303 e. The molecule has 0 spiro atoms. The molecule has 0 aliphatic carbocycles. The monoisotopic (exact) mass is 473 g/mol. The number of carbonyl (C=O) groups is 1. The fourth-order valence-electron chi connectivity index (χ4n) is 4.56. The van der Waals surface area contributed by atoms with Gasteiger partial charge in [-0.2, -0.15) is 0 Å². The predicted molar refractivity (Wildman–Crippen MR) is 139 cm³/mol. The highest BCUT2D eigenvalue weighted by Gasteiger charge is 2.37. The number of hydrogen-bond donors (Lipinski definition) is 2. The van der Waals surface area contributed by atoms with Crippen molar-refractivity contribution in [2.45, 2.75) is 64.9 Å². The Morgan fingerprint density at radius 1 is 0.886 bits per heavy atom. The van der Waals surface area contributed by atoms with Crippen molar-refractivity contribution in [3.8, 4) is 22.5 Å². The van der Waals surface area contributed by atoms with Gasteiger partial charge in [-0.1, -0.05) is 72.5 Å². The van der Waals surface area contributed by atoms with E-state index < -0.39 is 11.6 Å². The van der Waals surface area contributed by atoms with E-state index in [1.807, 2.05) is 6.92 Å². The largest absolute Gasteiger partial charge is 0.481 e. The smallest absolute Gasteiger partial charge is 0.303 e. The van der Waals surface area contributed by atoms with Crippen LogP contribution in [0.1, 0.15) is 62.3 Å². The van der Waals surface area contributed by atoms with E-state index in [9.17, 15) is 9.90 Å². The zero-order valence-corrected chi connectivity index (χ0v) is 20.9. The summed E-state index contributed by atoms with van der Waals surface area (Å²) < 4.78 is 0. The van der Waals surface area contributed by atoms with Crippen LogP contribution in [0.4, 0.5) is 5.82 Å². The van der Waals surface area contributed by atoms with Gasteiger partial charge in [-0.25, -0.2) is 9.97 Å². The third-order valence-corrected chi connectivity index (χ3v) is 6.77. The van der Waals surface area contributed by atoms with Gasteiger partial charge in [0.1, 0.15) is 11.3 Å². The quantitative estimate of drug-likeness (QED) is 0.378. The highest BCUT2D eigenvalue weighted by molar-refractivity contribution is 5.80. The van der Waals surface area contributed by atoms with Crippen LogP contribution in [0.3, 0.4) is 0 Å². The molecule has 4 rings (SSSR count). The molecule has 1 aromatic heterocycles. The van der Waals surface area contributed by atoms with Crippen molar-refractivity contribution in [1.29, 1.82) is 0 Å². The molecule has 1 aliphatic rings. The SMILES string of the molecule is Cc1ccc(-c2nc3c(nc2-c2ccc(C)cc2)C(C)(O)CCN3CCCCCCC(=O)O)cc1. The molecular formula is C29H35N3O3. The molecule has 0 fully saturated rings. The third kappa shape index (κ3) is 5.88. The van der Waals surface area contributed by atoms with Gasteiger partial charge >= 0.3 is 5.97 Å². The van der Waals surface area contributed by atoms with Crippen molar-refractivity contribution in [3.05, 3.63) is 65.4 Å². The molecule has 1 unspecified atom stereocenters. The molecule has 0 radical (unpaired) electrons. The molecule has 0 saturated carbocycles. The standard InChI is InChI=1S/C29H35N3O3/c1-20-9-13-22(14-10-20)25-26(23-15-11-21(2)12-16-23)31-28-27(30-25)29(3,35)17-19-32(28)18-7-5-4-6-8-24(33)34/h9-16,35H,4-8,17-19H2,1-3H3,(H,33,34). The van der Waals surface area contributed by atoms with Gasteiger partial charge < -0.3 is 15.1 Å². The maximum atomic E-state index is 11.3. The van der Waals surface area contributed by atoms with Crippen LogP contribution in [0.25, 0.3) is 22.5 Å². The minimum atomic E-state index is -1.05. The molecule has 1 aliphatic heterocycles. The Hall–Kier alpha value is -3.25. The lowest BCUT2D eigenvalue weighted by atomic mass is 9.92. The second-order valence-electron chi connectivity index (χ2n) is 9.89. The summed E-state index contributed by atoms with van der Waals surface area (Å²) in [7, 11) is 0. The first kappa shape index (κ1) is 24.9. The van der Waals surface area contributed by atoms with Gasteiger partial charge in [0.15, 0.2) is 5.82 Å². The predicted octanol–water partition coefficient (Wildman–Crippen LogP) is 5.88. The number of carboxylic acids is 1. The number of aromatic nitrogens is 2. The first-order valence-corrected chi connectivity index (χ1v) is 12.5. The Morgan fingerprint density at radius 2 is 1.43 bits per heavy atom. The zero-order valence-electron chi connectivity index (χ0n) is 20.9. The van der Waals surface area contributed by atoms with Crippen LogP contribution in [0, 0.1) is 13.8 Å². The van der Waals surface area contributed by atoms with Gasteiger partial charge in [-0.15, -0.1) is 0 Å². The van der Waals surface area contributed by atoms with Crippen LogP contribution in [0.15, 0.2) is 48.5 Å². The van der Waals surface area contributed by atoms with E-state index in [4.69, 9.17) is 15.1 Å². The summed E-state index contributed by atoms with van der Waals surface area (Å²) in [6.45, 7) is 7.48. The zero-order chi connectivity index (χ0) is 25.0. The molecule has 0 saturated heterocycles. The number of aliphatic hydroxyl groups is 1. The number of carboxylic acid groups (broad SMARTS) is 1. The Bertz CT molecular complexity index is 1170. The molecule has 2 aromatic carbocycles. The molecule has 2 heterocycles. The Balaban J connectivity index is 1.70.